The van der Waals surface area contributed by atoms with Crippen LogP contribution in [0.2, 0.25) is 0 Å². The van der Waals surface area contributed by atoms with E-state index in [0.717, 1.165) is 23.4 Å². The number of carbonyl (C=O) groups excluding carboxylic acids is 1. The van der Waals surface area contributed by atoms with Crippen molar-refractivity contribution in [1.82, 2.24) is 15.1 Å². The largest absolute Gasteiger partial charge is 0.463 e. The topological polar surface area (TPSA) is 62.1 Å². The molecule has 24 heavy (non-hydrogen) atoms. The van der Waals surface area contributed by atoms with Crippen LogP contribution in [0.4, 0.5) is 0 Å². The number of rotatable bonds is 3. The maximum absolute atomic E-state index is 13.1. The van der Waals surface area contributed by atoms with Crippen LogP contribution in [-0.2, 0) is 0 Å². The highest BCUT2D eigenvalue weighted by atomic mass is 16.3. The second-order valence-electron chi connectivity index (χ2n) is 8.15. The fourth-order valence-corrected chi connectivity index (χ4v) is 5.85. The number of hydrogen-bond donors (Lipinski definition) is 1. The van der Waals surface area contributed by atoms with Gasteiger partial charge < -0.3 is 9.32 Å². The Kier molecular flexibility index (Phi) is 2.97. The van der Waals surface area contributed by atoms with Crippen molar-refractivity contribution < 1.29 is 9.21 Å². The van der Waals surface area contributed by atoms with E-state index in [4.69, 9.17) is 4.42 Å². The van der Waals surface area contributed by atoms with Crippen LogP contribution < -0.4 is 0 Å². The van der Waals surface area contributed by atoms with Gasteiger partial charge in [0.25, 0.3) is 5.91 Å². The third-order valence-electron chi connectivity index (χ3n) is 6.61. The Labute approximate surface area is 141 Å². The molecule has 4 aliphatic carbocycles. The molecule has 4 bridgehead atoms. The number of nitrogens with one attached hydrogen (secondary N) is 1. The second-order valence-corrected chi connectivity index (χ2v) is 8.15. The Morgan fingerprint density at radius 2 is 1.92 bits per heavy atom. The molecule has 1 amide bonds. The predicted octanol–water partition coefficient (Wildman–Crippen LogP) is 3.71. The van der Waals surface area contributed by atoms with Gasteiger partial charge in [0, 0.05) is 18.7 Å². The average molecular weight is 325 g/mol. The van der Waals surface area contributed by atoms with Crippen LogP contribution in [0.15, 0.2) is 28.9 Å². The predicted molar refractivity (Wildman–Crippen MR) is 89.3 cm³/mol. The zero-order chi connectivity index (χ0) is 16.3. The van der Waals surface area contributed by atoms with Gasteiger partial charge >= 0.3 is 0 Å². The van der Waals surface area contributed by atoms with Crippen molar-refractivity contribution in [3.63, 3.8) is 0 Å². The molecule has 0 saturated heterocycles. The lowest BCUT2D eigenvalue weighted by Gasteiger charge is -2.59. The Morgan fingerprint density at radius 1 is 1.25 bits per heavy atom. The summed E-state index contributed by atoms with van der Waals surface area (Å²) >= 11 is 0. The minimum absolute atomic E-state index is 0.0333. The number of amides is 1. The Morgan fingerprint density at radius 3 is 2.50 bits per heavy atom. The highest BCUT2D eigenvalue weighted by Gasteiger charge is 2.54. The Hall–Kier alpha value is -2.04. The van der Waals surface area contributed by atoms with E-state index in [1.807, 2.05) is 24.1 Å². The SMILES string of the molecule is CN(C(=O)c1cc(-c2ccco2)[nH]n1)C12CC3CC(CC(C3)C1)C2. The first-order chi connectivity index (χ1) is 11.6. The maximum Gasteiger partial charge on any atom is 0.274 e. The van der Waals surface area contributed by atoms with E-state index in [2.05, 4.69) is 10.2 Å². The third kappa shape index (κ3) is 2.06. The van der Waals surface area contributed by atoms with Crippen molar-refractivity contribution in [3.05, 3.63) is 30.2 Å². The van der Waals surface area contributed by atoms with Gasteiger partial charge in [-0.05, 0) is 68.4 Å². The number of hydrogen-bond acceptors (Lipinski definition) is 3. The van der Waals surface area contributed by atoms with E-state index in [1.165, 1.54) is 38.5 Å². The van der Waals surface area contributed by atoms with Crippen LogP contribution in [0, 0.1) is 17.8 Å². The minimum atomic E-state index is 0.0333. The summed E-state index contributed by atoms with van der Waals surface area (Å²) in [5.41, 5.74) is 1.30. The first-order valence-electron chi connectivity index (χ1n) is 9.00. The third-order valence-corrected chi connectivity index (χ3v) is 6.61. The Bertz CT molecular complexity index is 726. The van der Waals surface area contributed by atoms with Crippen LogP contribution in [0.25, 0.3) is 11.5 Å². The number of furan rings is 1. The highest BCUT2D eigenvalue weighted by molar-refractivity contribution is 5.93. The summed E-state index contributed by atoms with van der Waals surface area (Å²) in [5.74, 6) is 3.21. The van der Waals surface area contributed by atoms with Crippen molar-refractivity contribution >= 4 is 5.91 Å². The molecule has 5 nitrogen and oxygen atoms in total. The molecule has 0 aromatic carbocycles. The fraction of sp³-hybridized carbons (Fsp3) is 0.579. The molecule has 4 aliphatic rings. The summed E-state index contributed by atoms with van der Waals surface area (Å²) in [6, 6.07) is 5.50. The lowest BCUT2D eigenvalue weighted by molar-refractivity contribution is -0.0667. The lowest BCUT2D eigenvalue weighted by Crippen LogP contribution is -2.60. The van der Waals surface area contributed by atoms with Crippen molar-refractivity contribution in [2.45, 2.75) is 44.1 Å². The molecule has 4 fully saturated rings. The molecule has 4 saturated carbocycles. The molecule has 2 aromatic heterocycles. The normalized spacial score (nSPS) is 33.8. The fourth-order valence-electron chi connectivity index (χ4n) is 5.85. The van der Waals surface area contributed by atoms with Crippen molar-refractivity contribution in [2.24, 2.45) is 17.8 Å². The smallest absolute Gasteiger partial charge is 0.274 e. The standard InChI is InChI=1S/C19H23N3O2/c1-22(19-9-12-5-13(10-19)7-14(6-12)11-19)18(23)16-8-15(20-21-16)17-3-2-4-24-17/h2-4,8,12-14H,5-7,9-11H2,1H3,(H,20,21). The number of aromatic nitrogens is 2. The molecule has 2 aromatic rings. The van der Waals surface area contributed by atoms with Crippen LogP contribution in [0.1, 0.15) is 49.0 Å². The average Bonchev–Trinajstić information content (AvgIpc) is 3.23. The summed E-state index contributed by atoms with van der Waals surface area (Å²) in [5, 5.41) is 7.17. The highest BCUT2D eigenvalue weighted by Crippen LogP contribution is 2.57. The quantitative estimate of drug-likeness (QED) is 0.935. The number of nitrogens with zero attached hydrogens (tertiary/aromatic N) is 2. The zero-order valence-corrected chi connectivity index (χ0v) is 14.0. The summed E-state index contributed by atoms with van der Waals surface area (Å²) < 4.78 is 5.38. The van der Waals surface area contributed by atoms with E-state index in [9.17, 15) is 4.79 Å². The molecule has 1 N–H and O–H groups in total. The van der Waals surface area contributed by atoms with Gasteiger partial charge in [-0.1, -0.05) is 0 Å². The molecule has 0 spiro atoms. The van der Waals surface area contributed by atoms with Crippen LogP contribution in [0.3, 0.4) is 0 Å². The number of H-pyrrole nitrogens is 1. The van der Waals surface area contributed by atoms with Gasteiger partial charge in [0.2, 0.25) is 0 Å². The molecule has 0 radical (unpaired) electrons. The van der Waals surface area contributed by atoms with E-state index in [-0.39, 0.29) is 11.4 Å². The van der Waals surface area contributed by atoms with Gasteiger partial charge in [-0.25, -0.2) is 0 Å². The van der Waals surface area contributed by atoms with Crippen LogP contribution in [-0.4, -0.2) is 33.6 Å². The number of carbonyl (C=O) groups is 1. The minimum Gasteiger partial charge on any atom is -0.463 e. The molecule has 5 heteroatoms. The molecule has 6 rings (SSSR count). The molecule has 2 heterocycles. The van der Waals surface area contributed by atoms with E-state index in [0.29, 0.717) is 11.5 Å². The first-order valence-corrected chi connectivity index (χ1v) is 9.00. The van der Waals surface area contributed by atoms with Crippen LogP contribution >= 0.6 is 0 Å². The Balaban J connectivity index is 1.41. The van der Waals surface area contributed by atoms with Gasteiger partial charge in [0.05, 0.1) is 6.26 Å². The van der Waals surface area contributed by atoms with Crippen LogP contribution in [0.5, 0.6) is 0 Å². The maximum atomic E-state index is 13.1. The van der Waals surface area contributed by atoms with E-state index >= 15 is 0 Å². The summed E-state index contributed by atoms with van der Waals surface area (Å²) in [7, 11) is 1.98. The van der Waals surface area contributed by atoms with Gasteiger partial charge in [-0.3, -0.25) is 9.89 Å². The second kappa shape index (κ2) is 4.98. The molecule has 126 valence electrons. The van der Waals surface area contributed by atoms with Gasteiger partial charge in [0.15, 0.2) is 11.5 Å². The zero-order valence-electron chi connectivity index (χ0n) is 14.0. The van der Waals surface area contributed by atoms with Gasteiger partial charge in [0.1, 0.15) is 5.69 Å². The van der Waals surface area contributed by atoms with E-state index < -0.39 is 0 Å². The molecule has 0 unspecified atom stereocenters. The summed E-state index contributed by atoms with van der Waals surface area (Å²) in [6.45, 7) is 0. The van der Waals surface area contributed by atoms with E-state index in [1.54, 1.807) is 12.3 Å². The van der Waals surface area contributed by atoms with Gasteiger partial charge in [-0.15, -0.1) is 0 Å². The van der Waals surface area contributed by atoms with Crippen molar-refractivity contribution in [3.8, 4) is 11.5 Å². The summed E-state index contributed by atoms with van der Waals surface area (Å²) in [4.78, 5) is 15.1. The monoisotopic (exact) mass is 325 g/mol. The summed E-state index contributed by atoms with van der Waals surface area (Å²) in [6.07, 6.45) is 9.30. The van der Waals surface area contributed by atoms with Crippen molar-refractivity contribution in [2.75, 3.05) is 7.05 Å². The number of aromatic amines is 1. The van der Waals surface area contributed by atoms with Gasteiger partial charge in [-0.2, -0.15) is 5.10 Å². The molecule has 0 aliphatic heterocycles. The first kappa shape index (κ1) is 14.3. The van der Waals surface area contributed by atoms with Crippen molar-refractivity contribution in [1.29, 1.82) is 0 Å². The lowest BCUT2D eigenvalue weighted by atomic mass is 9.52. The molecular weight excluding hydrogens is 302 g/mol. The molecular formula is C19H23N3O2. The molecule has 0 atom stereocenters.